The van der Waals surface area contributed by atoms with Crippen LogP contribution in [0.2, 0.25) is 0 Å². The number of piperidine rings is 2. The lowest BCUT2D eigenvalue weighted by Gasteiger charge is -2.33. The van der Waals surface area contributed by atoms with Crippen molar-refractivity contribution in [1.29, 1.82) is 0 Å². The van der Waals surface area contributed by atoms with Gasteiger partial charge in [-0.1, -0.05) is 13.3 Å². The molecule has 7 nitrogen and oxygen atoms in total. The maximum absolute atomic E-state index is 13.7. The van der Waals surface area contributed by atoms with E-state index in [1.54, 1.807) is 39.7 Å². The van der Waals surface area contributed by atoms with Gasteiger partial charge in [-0.3, -0.25) is 4.79 Å². The van der Waals surface area contributed by atoms with E-state index in [1.807, 2.05) is 11.4 Å². The SMILES string of the molecule is CCc1nc(CN(C)C(=O)c2ccc(N3CCCCC3)c(S(=O)(=O)N3CCCCC3)c2)cs1. The summed E-state index contributed by atoms with van der Waals surface area (Å²) in [7, 11) is -1.93. The van der Waals surface area contributed by atoms with Crippen LogP contribution in [-0.2, 0) is 23.0 Å². The van der Waals surface area contributed by atoms with E-state index < -0.39 is 10.0 Å². The minimum atomic E-state index is -3.67. The van der Waals surface area contributed by atoms with Crippen molar-refractivity contribution in [3.05, 3.63) is 39.8 Å². The van der Waals surface area contributed by atoms with E-state index in [0.717, 1.165) is 68.0 Å². The zero-order valence-corrected chi connectivity index (χ0v) is 21.3. The number of nitrogens with zero attached hydrogens (tertiary/aromatic N) is 4. The third kappa shape index (κ3) is 5.41. The van der Waals surface area contributed by atoms with Crippen molar-refractivity contribution in [2.75, 3.05) is 38.1 Å². The number of benzene rings is 1. The van der Waals surface area contributed by atoms with Crippen molar-refractivity contribution in [2.24, 2.45) is 0 Å². The summed E-state index contributed by atoms with van der Waals surface area (Å²) in [6, 6.07) is 5.21. The minimum absolute atomic E-state index is 0.193. The van der Waals surface area contributed by atoms with Gasteiger partial charge in [0.05, 0.1) is 22.9 Å². The van der Waals surface area contributed by atoms with Gasteiger partial charge in [-0.15, -0.1) is 11.3 Å². The van der Waals surface area contributed by atoms with Crippen LogP contribution in [0.5, 0.6) is 0 Å². The van der Waals surface area contributed by atoms with Crippen LogP contribution in [0.15, 0.2) is 28.5 Å². The molecule has 9 heteroatoms. The van der Waals surface area contributed by atoms with Crippen molar-refractivity contribution < 1.29 is 13.2 Å². The van der Waals surface area contributed by atoms with Crippen LogP contribution in [0.25, 0.3) is 0 Å². The Morgan fingerprint density at radius 3 is 2.36 bits per heavy atom. The number of amides is 1. The van der Waals surface area contributed by atoms with E-state index in [1.165, 1.54) is 6.42 Å². The van der Waals surface area contributed by atoms with Crippen molar-refractivity contribution in [2.45, 2.75) is 63.3 Å². The number of thiazole rings is 1. The highest BCUT2D eigenvalue weighted by molar-refractivity contribution is 7.89. The standard InChI is InChI=1S/C24H34N4O3S2/c1-3-23-25-20(18-32-23)17-26(2)24(29)19-10-11-21(27-12-6-4-7-13-27)22(16-19)33(30,31)28-14-8-5-9-15-28/h10-11,16,18H,3-9,12-15,17H2,1-2H3. The molecule has 0 N–H and O–H groups in total. The highest BCUT2D eigenvalue weighted by Gasteiger charge is 2.31. The second-order valence-electron chi connectivity index (χ2n) is 8.94. The second kappa shape index (κ2) is 10.5. The number of anilines is 1. The summed E-state index contributed by atoms with van der Waals surface area (Å²) in [6.07, 6.45) is 6.98. The summed E-state index contributed by atoms with van der Waals surface area (Å²) in [5, 5.41) is 3.03. The van der Waals surface area contributed by atoms with Crippen molar-refractivity contribution in [3.8, 4) is 0 Å². The minimum Gasteiger partial charge on any atom is -0.370 e. The summed E-state index contributed by atoms with van der Waals surface area (Å²) in [6.45, 7) is 5.24. The Hall–Kier alpha value is -1.97. The Morgan fingerprint density at radius 1 is 1.06 bits per heavy atom. The molecule has 0 unspecified atom stereocenters. The van der Waals surface area contributed by atoms with Gasteiger partial charge in [0.1, 0.15) is 4.90 Å². The van der Waals surface area contributed by atoms with E-state index in [-0.39, 0.29) is 10.8 Å². The monoisotopic (exact) mass is 490 g/mol. The first-order valence-corrected chi connectivity index (χ1v) is 14.3. The molecule has 1 amide bonds. The van der Waals surface area contributed by atoms with Crippen LogP contribution in [0, 0.1) is 0 Å². The van der Waals surface area contributed by atoms with Gasteiger partial charge in [-0.05, 0) is 56.7 Å². The number of hydrogen-bond donors (Lipinski definition) is 0. The van der Waals surface area contributed by atoms with E-state index in [4.69, 9.17) is 0 Å². The molecule has 0 aliphatic carbocycles. The third-order valence-corrected chi connectivity index (χ3v) is 9.45. The Balaban J connectivity index is 1.64. The molecule has 0 bridgehead atoms. The van der Waals surface area contributed by atoms with Crippen LogP contribution in [-0.4, -0.2) is 61.7 Å². The van der Waals surface area contributed by atoms with Gasteiger partial charge in [0.2, 0.25) is 10.0 Å². The molecule has 0 spiro atoms. The van der Waals surface area contributed by atoms with E-state index >= 15 is 0 Å². The number of aromatic nitrogens is 1. The Labute approximate surface area is 201 Å². The zero-order chi connectivity index (χ0) is 23.4. The zero-order valence-electron chi connectivity index (χ0n) is 19.6. The lowest BCUT2D eigenvalue weighted by atomic mass is 10.1. The van der Waals surface area contributed by atoms with E-state index in [9.17, 15) is 13.2 Å². The maximum atomic E-state index is 13.7. The first-order chi connectivity index (χ1) is 15.9. The van der Waals surface area contributed by atoms with Crippen molar-refractivity contribution in [3.63, 3.8) is 0 Å². The van der Waals surface area contributed by atoms with Crippen molar-refractivity contribution >= 4 is 33.0 Å². The molecular formula is C24H34N4O3S2. The average Bonchev–Trinajstić information content (AvgIpc) is 3.31. The number of carbonyl (C=O) groups excluding carboxylic acids is 1. The number of aryl methyl sites for hydroxylation is 1. The summed E-state index contributed by atoms with van der Waals surface area (Å²) in [4.78, 5) is 21.9. The van der Waals surface area contributed by atoms with Gasteiger partial charge in [-0.2, -0.15) is 4.31 Å². The fourth-order valence-electron chi connectivity index (χ4n) is 4.61. The van der Waals surface area contributed by atoms with Gasteiger partial charge < -0.3 is 9.80 Å². The molecule has 0 atom stereocenters. The van der Waals surface area contributed by atoms with Gasteiger partial charge in [0.15, 0.2) is 0 Å². The molecule has 180 valence electrons. The second-order valence-corrected chi connectivity index (χ2v) is 11.8. The van der Waals surface area contributed by atoms with Gasteiger partial charge in [0.25, 0.3) is 5.91 Å². The van der Waals surface area contributed by atoms with Crippen LogP contribution < -0.4 is 4.90 Å². The highest BCUT2D eigenvalue weighted by atomic mass is 32.2. The molecule has 2 fully saturated rings. The average molecular weight is 491 g/mol. The maximum Gasteiger partial charge on any atom is 0.253 e. The van der Waals surface area contributed by atoms with Gasteiger partial charge in [0, 0.05) is 44.2 Å². The molecule has 1 aromatic heterocycles. The molecule has 3 heterocycles. The third-order valence-electron chi connectivity index (χ3n) is 6.48. The number of hydrogen-bond acceptors (Lipinski definition) is 6. The molecule has 2 saturated heterocycles. The molecule has 2 aromatic rings. The first-order valence-electron chi connectivity index (χ1n) is 12.0. The summed E-state index contributed by atoms with van der Waals surface area (Å²) < 4.78 is 29.0. The molecular weight excluding hydrogens is 456 g/mol. The quantitative estimate of drug-likeness (QED) is 0.583. The fourth-order valence-corrected chi connectivity index (χ4v) is 7.10. The molecule has 0 radical (unpaired) electrons. The fraction of sp³-hybridized carbons (Fsp3) is 0.583. The van der Waals surface area contributed by atoms with Crippen LogP contribution >= 0.6 is 11.3 Å². The largest absolute Gasteiger partial charge is 0.370 e. The highest BCUT2D eigenvalue weighted by Crippen LogP contribution is 2.32. The van der Waals surface area contributed by atoms with Crippen LogP contribution in [0.3, 0.4) is 0 Å². The Morgan fingerprint density at radius 2 is 1.73 bits per heavy atom. The van der Waals surface area contributed by atoms with E-state index in [0.29, 0.717) is 25.2 Å². The topological polar surface area (TPSA) is 73.8 Å². The smallest absolute Gasteiger partial charge is 0.253 e. The van der Waals surface area contributed by atoms with E-state index in [2.05, 4.69) is 16.8 Å². The first kappa shape index (κ1) is 24.2. The van der Waals surface area contributed by atoms with Crippen LogP contribution in [0.1, 0.15) is 66.5 Å². The number of carbonyl (C=O) groups is 1. The van der Waals surface area contributed by atoms with Gasteiger partial charge >= 0.3 is 0 Å². The molecule has 1 aromatic carbocycles. The van der Waals surface area contributed by atoms with Crippen molar-refractivity contribution in [1.82, 2.24) is 14.2 Å². The summed E-state index contributed by atoms with van der Waals surface area (Å²) in [5.74, 6) is -0.193. The normalized spacial score (nSPS) is 17.8. The molecule has 33 heavy (non-hydrogen) atoms. The Bertz CT molecular complexity index is 1070. The predicted molar refractivity (Wildman–Crippen MR) is 132 cm³/mol. The Kier molecular flexibility index (Phi) is 7.71. The predicted octanol–water partition coefficient (Wildman–Crippen LogP) is 4.14. The number of sulfonamides is 1. The summed E-state index contributed by atoms with van der Waals surface area (Å²) >= 11 is 1.60. The number of rotatable bonds is 7. The molecule has 2 aliphatic rings. The lowest BCUT2D eigenvalue weighted by molar-refractivity contribution is 0.0783. The summed E-state index contributed by atoms with van der Waals surface area (Å²) in [5.41, 5.74) is 1.99. The van der Waals surface area contributed by atoms with Gasteiger partial charge in [-0.25, -0.2) is 13.4 Å². The molecule has 0 saturated carbocycles. The molecule has 2 aliphatic heterocycles. The molecule has 4 rings (SSSR count). The lowest BCUT2D eigenvalue weighted by Crippen LogP contribution is -2.38. The van der Waals surface area contributed by atoms with Crippen LogP contribution in [0.4, 0.5) is 5.69 Å².